The van der Waals surface area contributed by atoms with Gasteiger partial charge in [0.1, 0.15) is 6.61 Å². The van der Waals surface area contributed by atoms with Gasteiger partial charge in [-0.3, -0.25) is 10.1 Å². The van der Waals surface area contributed by atoms with E-state index in [2.05, 4.69) is 10.6 Å². The number of nitrogens with one attached hydrogen (secondary N) is 2. The Bertz CT molecular complexity index is 1060. The van der Waals surface area contributed by atoms with Gasteiger partial charge in [0.05, 0.1) is 12.0 Å². The van der Waals surface area contributed by atoms with Crippen molar-refractivity contribution in [2.24, 2.45) is 0 Å². The number of hydrogen-bond donors (Lipinski definition) is 2. The van der Waals surface area contributed by atoms with E-state index in [9.17, 15) is 10.1 Å². The Kier molecular flexibility index (Phi) is 8.56. The zero-order valence-electron chi connectivity index (χ0n) is 17.4. The molecule has 0 heterocycles. The first-order valence-electron chi connectivity index (χ1n) is 9.89. The lowest BCUT2D eigenvalue weighted by molar-refractivity contribution is -0.384. The maximum Gasteiger partial charge on any atom is 0.269 e. The SMILES string of the molecule is COc1cccc(CNCCNc2ccc([N+](=O)[O-])cc2)c1OCc1ccc(Cl)cc1Cl. The van der Waals surface area contributed by atoms with Gasteiger partial charge in [-0.1, -0.05) is 41.4 Å². The van der Waals surface area contributed by atoms with Crippen molar-refractivity contribution in [1.82, 2.24) is 5.32 Å². The van der Waals surface area contributed by atoms with Crippen LogP contribution in [0.4, 0.5) is 11.4 Å². The molecular weight excluding hydrogens is 453 g/mol. The van der Waals surface area contributed by atoms with E-state index in [4.69, 9.17) is 32.7 Å². The molecule has 0 atom stereocenters. The van der Waals surface area contributed by atoms with Crippen molar-refractivity contribution in [2.75, 3.05) is 25.5 Å². The predicted octanol–water partition coefficient (Wildman–Crippen LogP) is 5.69. The fraction of sp³-hybridized carbons (Fsp3) is 0.217. The molecule has 0 saturated carbocycles. The highest BCUT2D eigenvalue weighted by atomic mass is 35.5. The number of halogens is 2. The Balaban J connectivity index is 1.55. The molecule has 0 saturated heterocycles. The van der Waals surface area contributed by atoms with E-state index < -0.39 is 4.92 Å². The summed E-state index contributed by atoms with van der Waals surface area (Å²) in [6, 6.07) is 17.3. The molecule has 9 heteroatoms. The topological polar surface area (TPSA) is 85.7 Å². The summed E-state index contributed by atoms with van der Waals surface area (Å²) in [5.41, 5.74) is 2.67. The minimum Gasteiger partial charge on any atom is -0.493 e. The summed E-state index contributed by atoms with van der Waals surface area (Å²) in [4.78, 5) is 10.3. The van der Waals surface area contributed by atoms with E-state index in [0.717, 1.165) is 16.8 Å². The Morgan fingerprint density at radius 1 is 1.00 bits per heavy atom. The van der Waals surface area contributed by atoms with Gasteiger partial charge in [-0.05, 0) is 30.3 Å². The first-order chi connectivity index (χ1) is 15.5. The van der Waals surface area contributed by atoms with Crippen molar-refractivity contribution in [1.29, 1.82) is 0 Å². The Hall–Kier alpha value is -3.00. The fourth-order valence-corrected chi connectivity index (χ4v) is 3.50. The van der Waals surface area contributed by atoms with Crippen LogP contribution in [0.15, 0.2) is 60.7 Å². The number of non-ortho nitro benzene ring substituents is 1. The molecule has 0 amide bonds. The number of benzene rings is 3. The van der Waals surface area contributed by atoms with Gasteiger partial charge < -0.3 is 20.1 Å². The van der Waals surface area contributed by atoms with Gasteiger partial charge >= 0.3 is 0 Å². The van der Waals surface area contributed by atoms with Crippen LogP contribution in [0, 0.1) is 10.1 Å². The molecule has 32 heavy (non-hydrogen) atoms. The second kappa shape index (κ2) is 11.6. The summed E-state index contributed by atoms with van der Waals surface area (Å²) in [7, 11) is 1.60. The minimum atomic E-state index is -0.417. The van der Waals surface area contributed by atoms with Crippen LogP contribution < -0.4 is 20.1 Å². The molecule has 0 radical (unpaired) electrons. The van der Waals surface area contributed by atoms with Crippen molar-refractivity contribution in [3.8, 4) is 11.5 Å². The van der Waals surface area contributed by atoms with E-state index in [-0.39, 0.29) is 12.3 Å². The summed E-state index contributed by atoms with van der Waals surface area (Å²) in [6.07, 6.45) is 0. The summed E-state index contributed by atoms with van der Waals surface area (Å²) >= 11 is 12.2. The molecule has 0 fully saturated rings. The predicted molar refractivity (Wildman–Crippen MR) is 127 cm³/mol. The minimum absolute atomic E-state index is 0.0686. The molecule has 0 spiro atoms. The van der Waals surface area contributed by atoms with E-state index in [0.29, 0.717) is 41.2 Å². The summed E-state index contributed by atoms with van der Waals surface area (Å²) in [5.74, 6) is 1.29. The van der Waals surface area contributed by atoms with Gasteiger partial charge in [-0.25, -0.2) is 0 Å². The van der Waals surface area contributed by atoms with Gasteiger partial charge in [0, 0.05) is 58.6 Å². The van der Waals surface area contributed by atoms with Crippen molar-refractivity contribution in [2.45, 2.75) is 13.2 Å². The van der Waals surface area contributed by atoms with E-state index in [1.807, 2.05) is 24.3 Å². The first kappa shape index (κ1) is 23.7. The number of para-hydroxylation sites is 1. The van der Waals surface area contributed by atoms with Crippen molar-refractivity contribution in [3.05, 3.63) is 92.0 Å². The summed E-state index contributed by atoms with van der Waals surface area (Å²) < 4.78 is 11.5. The average Bonchev–Trinajstić information content (AvgIpc) is 2.79. The monoisotopic (exact) mass is 475 g/mol. The van der Waals surface area contributed by atoms with E-state index >= 15 is 0 Å². The molecule has 0 aromatic heterocycles. The van der Waals surface area contributed by atoms with Crippen molar-refractivity contribution in [3.63, 3.8) is 0 Å². The van der Waals surface area contributed by atoms with Crippen LogP contribution in [-0.4, -0.2) is 25.1 Å². The van der Waals surface area contributed by atoms with E-state index in [1.165, 1.54) is 12.1 Å². The highest BCUT2D eigenvalue weighted by Crippen LogP contribution is 2.32. The van der Waals surface area contributed by atoms with Crippen LogP contribution in [0.5, 0.6) is 11.5 Å². The number of nitro groups is 1. The van der Waals surface area contributed by atoms with Crippen LogP contribution in [0.3, 0.4) is 0 Å². The molecule has 0 aliphatic carbocycles. The zero-order chi connectivity index (χ0) is 22.9. The number of anilines is 1. The average molecular weight is 476 g/mol. The number of rotatable bonds is 11. The largest absolute Gasteiger partial charge is 0.493 e. The smallest absolute Gasteiger partial charge is 0.269 e. The van der Waals surface area contributed by atoms with E-state index in [1.54, 1.807) is 31.4 Å². The number of nitro benzene ring substituents is 1. The quantitative estimate of drug-likeness (QED) is 0.210. The number of methoxy groups -OCH3 is 1. The standard InChI is InChI=1S/C23H23Cl2N3O4/c1-31-22-4-2-3-16(23(22)32-15-17-5-6-18(24)13-21(17)25)14-26-11-12-27-19-7-9-20(10-8-19)28(29)30/h2-10,13,26-27H,11-12,14-15H2,1H3. The molecule has 2 N–H and O–H groups in total. The van der Waals surface area contributed by atoms with Crippen LogP contribution >= 0.6 is 23.2 Å². The van der Waals surface area contributed by atoms with Gasteiger partial charge in [0.15, 0.2) is 11.5 Å². The van der Waals surface area contributed by atoms with Crippen LogP contribution in [-0.2, 0) is 13.2 Å². The van der Waals surface area contributed by atoms with Gasteiger partial charge in [-0.15, -0.1) is 0 Å². The fourth-order valence-electron chi connectivity index (χ4n) is 3.03. The Morgan fingerprint density at radius 2 is 1.78 bits per heavy atom. The van der Waals surface area contributed by atoms with Crippen LogP contribution in [0.2, 0.25) is 10.0 Å². The highest BCUT2D eigenvalue weighted by molar-refractivity contribution is 6.35. The molecule has 0 unspecified atom stereocenters. The lowest BCUT2D eigenvalue weighted by Crippen LogP contribution is -2.22. The molecule has 0 aliphatic heterocycles. The Morgan fingerprint density at radius 3 is 2.47 bits per heavy atom. The lowest BCUT2D eigenvalue weighted by atomic mass is 10.1. The number of ether oxygens (including phenoxy) is 2. The van der Waals surface area contributed by atoms with Crippen molar-refractivity contribution < 1.29 is 14.4 Å². The third-order valence-electron chi connectivity index (χ3n) is 4.69. The molecule has 7 nitrogen and oxygen atoms in total. The van der Waals surface area contributed by atoms with Crippen molar-refractivity contribution >= 4 is 34.6 Å². The second-order valence-electron chi connectivity index (χ2n) is 6.88. The summed E-state index contributed by atoms with van der Waals surface area (Å²) in [6.45, 7) is 2.18. The van der Waals surface area contributed by atoms with Crippen LogP contribution in [0.1, 0.15) is 11.1 Å². The summed E-state index contributed by atoms with van der Waals surface area (Å²) in [5, 5.41) is 18.4. The zero-order valence-corrected chi connectivity index (χ0v) is 18.9. The van der Waals surface area contributed by atoms with Gasteiger partial charge in [-0.2, -0.15) is 0 Å². The Labute approximate surface area is 196 Å². The number of nitrogens with zero attached hydrogens (tertiary/aromatic N) is 1. The maximum atomic E-state index is 10.7. The third kappa shape index (κ3) is 6.50. The normalized spacial score (nSPS) is 10.6. The van der Waals surface area contributed by atoms with Gasteiger partial charge in [0.25, 0.3) is 5.69 Å². The van der Waals surface area contributed by atoms with Crippen LogP contribution in [0.25, 0.3) is 0 Å². The van der Waals surface area contributed by atoms with Gasteiger partial charge in [0.2, 0.25) is 0 Å². The molecular formula is C23H23Cl2N3O4. The maximum absolute atomic E-state index is 10.7. The molecule has 3 aromatic rings. The first-order valence-corrected chi connectivity index (χ1v) is 10.6. The lowest BCUT2D eigenvalue weighted by Gasteiger charge is -2.16. The second-order valence-corrected chi connectivity index (χ2v) is 7.72. The molecule has 168 valence electrons. The molecule has 3 aromatic carbocycles. The molecule has 3 rings (SSSR count). The molecule has 0 bridgehead atoms. The third-order valence-corrected chi connectivity index (χ3v) is 5.28. The highest BCUT2D eigenvalue weighted by Gasteiger charge is 2.12. The number of hydrogen-bond acceptors (Lipinski definition) is 6. The molecule has 0 aliphatic rings.